The average Bonchev–Trinajstić information content (AvgIpc) is 2.36. The summed E-state index contributed by atoms with van der Waals surface area (Å²) in [5, 5.41) is 0.528. The molecule has 0 amide bonds. The molecule has 0 saturated heterocycles. The second-order valence-corrected chi connectivity index (χ2v) is 6.44. The van der Waals surface area contributed by atoms with Crippen molar-refractivity contribution in [1.29, 1.82) is 0 Å². The SMILES string of the molecule is Nc1cc(S(=O)(=O)Nc2ccc(Cl)cc2Cl)ccc1F. The lowest BCUT2D eigenvalue weighted by Crippen LogP contribution is -2.13. The number of rotatable bonds is 3. The minimum absolute atomic E-state index is 0.149. The molecule has 20 heavy (non-hydrogen) atoms. The molecule has 2 rings (SSSR count). The lowest BCUT2D eigenvalue weighted by molar-refractivity contribution is 0.600. The third kappa shape index (κ3) is 3.15. The zero-order chi connectivity index (χ0) is 14.9. The van der Waals surface area contributed by atoms with Crippen molar-refractivity contribution >= 4 is 44.6 Å². The second kappa shape index (κ2) is 5.47. The lowest BCUT2D eigenvalue weighted by atomic mass is 10.3. The average molecular weight is 335 g/mol. The highest BCUT2D eigenvalue weighted by Crippen LogP contribution is 2.28. The highest BCUT2D eigenvalue weighted by Gasteiger charge is 2.17. The third-order valence-corrected chi connectivity index (χ3v) is 4.36. The largest absolute Gasteiger partial charge is 0.396 e. The van der Waals surface area contributed by atoms with E-state index in [1.54, 1.807) is 0 Å². The van der Waals surface area contributed by atoms with Gasteiger partial charge in [-0.25, -0.2) is 12.8 Å². The molecule has 0 saturated carbocycles. The Bertz CT molecular complexity index is 766. The molecule has 2 aromatic carbocycles. The van der Waals surface area contributed by atoms with Gasteiger partial charge in [0.1, 0.15) is 5.82 Å². The molecule has 0 aliphatic carbocycles. The van der Waals surface area contributed by atoms with E-state index >= 15 is 0 Å². The number of sulfonamides is 1. The van der Waals surface area contributed by atoms with Crippen LogP contribution in [-0.4, -0.2) is 8.42 Å². The fraction of sp³-hybridized carbons (Fsp3) is 0. The van der Waals surface area contributed by atoms with Gasteiger partial charge in [-0.3, -0.25) is 4.72 Å². The standard InChI is InChI=1S/C12H9Cl2FN2O2S/c13-7-1-4-12(9(14)5-7)17-20(18,19)8-2-3-10(15)11(16)6-8/h1-6,17H,16H2. The van der Waals surface area contributed by atoms with Crippen LogP contribution in [-0.2, 0) is 10.0 Å². The van der Waals surface area contributed by atoms with Gasteiger partial charge in [0, 0.05) is 5.02 Å². The fourth-order valence-electron chi connectivity index (χ4n) is 1.46. The molecule has 0 bridgehead atoms. The van der Waals surface area contributed by atoms with Gasteiger partial charge in [-0.05, 0) is 36.4 Å². The second-order valence-electron chi connectivity index (χ2n) is 3.91. The third-order valence-electron chi connectivity index (χ3n) is 2.45. The molecular weight excluding hydrogens is 326 g/mol. The molecule has 0 spiro atoms. The molecule has 0 heterocycles. The molecule has 0 aromatic heterocycles. The van der Waals surface area contributed by atoms with Crippen molar-refractivity contribution in [3.05, 3.63) is 52.3 Å². The molecule has 2 aromatic rings. The Kier molecular flexibility index (Phi) is 4.08. The molecular formula is C12H9Cl2FN2O2S. The van der Waals surface area contributed by atoms with Crippen molar-refractivity contribution in [2.24, 2.45) is 0 Å². The van der Waals surface area contributed by atoms with Crippen LogP contribution in [0.2, 0.25) is 10.0 Å². The predicted octanol–water partition coefficient (Wildman–Crippen LogP) is 3.52. The minimum Gasteiger partial charge on any atom is -0.396 e. The first kappa shape index (κ1) is 14.9. The van der Waals surface area contributed by atoms with Crippen molar-refractivity contribution in [1.82, 2.24) is 0 Å². The van der Waals surface area contributed by atoms with Crippen molar-refractivity contribution in [3.63, 3.8) is 0 Å². The first-order chi connectivity index (χ1) is 9.29. The van der Waals surface area contributed by atoms with E-state index in [0.29, 0.717) is 5.02 Å². The van der Waals surface area contributed by atoms with Crippen LogP contribution < -0.4 is 10.5 Å². The van der Waals surface area contributed by atoms with Crippen LogP contribution in [0.4, 0.5) is 15.8 Å². The molecule has 8 heteroatoms. The molecule has 3 N–H and O–H groups in total. The Morgan fingerprint density at radius 2 is 1.80 bits per heavy atom. The number of anilines is 2. The molecule has 0 fully saturated rings. The van der Waals surface area contributed by atoms with Crippen LogP contribution in [0.15, 0.2) is 41.3 Å². The van der Waals surface area contributed by atoms with Gasteiger partial charge in [-0.15, -0.1) is 0 Å². The molecule has 0 unspecified atom stereocenters. The summed E-state index contributed by atoms with van der Waals surface area (Å²) in [5.74, 6) is -0.687. The monoisotopic (exact) mass is 334 g/mol. The van der Waals surface area contributed by atoms with Crippen LogP contribution >= 0.6 is 23.2 Å². The molecule has 0 atom stereocenters. The number of nitrogens with two attached hydrogens (primary N) is 1. The Morgan fingerprint density at radius 1 is 1.10 bits per heavy atom. The summed E-state index contributed by atoms with van der Waals surface area (Å²) in [5.41, 5.74) is 5.26. The van der Waals surface area contributed by atoms with Gasteiger partial charge in [0.2, 0.25) is 0 Å². The summed E-state index contributed by atoms with van der Waals surface area (Å²) >= 11 is 11.6. The maximum absolute atomic E-state index is 13.0. The highest BCUT2D eigenvalue weighted by molar-refractivity contribution is 7.92. The molecule has 106 valence electrons. The zero-order valence-corrected chi connectivity index (χ0v) is 12.2. The van der Waals surface area contributed by atoms with Crippen LogP contribution in [0, 0.1) is 5.82 Å². The smallest absolute Gasteiger partial charge is 0.262 e. The van der Waals surface area contributed by atoms with Gasteiger partial charge in [-0.1, -0.05) is 23.2 Å². The van der Waals surface area contributed by atoms with Gasteiger partial charge in [-0.2, -0.15) is 0 Å². The van der Waals surface area contributed by atoms with E-state index in [0.717, 1.165) is 18.2 Å². The van der Waals surface area contributed by atoms with Gasteiger partial charge in [0.05, 0.1) is 21.3 Å². The number of halogens is 3. The minimum atomic E-state index is -3.91. The van der Waals surface area contributed by atoms with Gasteiger partial charge >= 0.3 is 0 Å². The topological polar surface area (TPSA) is 72.2 Å². The Morgan fingerprint density at radius 3 is 2.40 bits per heavy atom. The van der Waals surface area contributed by atoms with E-state index in [-0.39, 0.29) is 21.3 Å². The van der Waals surface area contributed by atoms with Crippen LogP contribution in [0.5, 0.6) is 0 Å². The number of nitrogen functional groups attached to an aromatic ring is 1. The van der Waals surface area contributed by atoms with E-state index in [1.165, 1.54) is 18.2 Å². The Labute approximate surface area is 125 Å². The summed E-state index contributed by atoms with van der Waals surface area (Å²) in [7, 11) is -3.91. The van der Waals surface area contributed by atoms with Gasteiger partial charge < -0.3 is 5.73 Å². The van der Waals surface area contributed by atoms with Crippen molar-refractivity contribution in [2.75, 3.05) is 10.5 Å². The van der Waals surface area contributed by atoms with Crippen molar-refractivity contribution in [3.8, 4) is 0 Å². The fourth-order valence-corrected chi connectivity index (χ4v) is 3.09. The maximum atomic E-state index is 13.0. The van der Waals surface area contributed by atoms with E-state index in [2.05, 4.69) is 4.72 Å². The number of benzene rings is 2. The molecule has 0 aliphatic rings. The van der Waals surface area contributed by atoms with E-state index in [4.69, 9.17) is 28.9 Å². The molecule has 0 aliphatic heterocycles. The number of hydrogen-bond donors (Lipinski definition) is 2. The normalized spacial score (nSPS) is 11.3. The zero-order valence-electron chi connectivity index (χ0n) is 9.90. The highest BCUT2D eigenvalue weighted by atomic mass is 35.5. The van der Waals surface area contributed by atoms with Crippen LogP contribution in [0.3, 0.4) is 0 Å². The summed E-state index contributed by atoms with van der Waals surface area (Å²) in [4.78, 5) is -0.164. The van der Waals surface area contributed by atoms with Gasteiger partial charge in [0.25, 0.3) is 10.0 Å². The quantitative estimate of drug-likeness (QED) is 0.843. The molecule has 4 nitrogen and oxygen atoms in total. The van der Waals surface area contributed by atoms with E-state index < -0.39 is 15.8 Å². The lowest BCUT2D eigenvalue weighted by Gasteiger charge is -2.10. The summed E-state index contributed by atoms with van der Waals surface area (Å²) in [6, 6.07) is 7.44. The van der Waals surface area contributed by atoms with Gasteiger partial charge in [0.15, 0.2) is 0 Å². The summed E-state index contributed by atoms with van der Waals surface area (Å²) in [6.07, 6.45) is 0. The molecule has 0 radical (unpaired) electrons. The van der Waals surface area contributed by atoms with Crippen LogP contribution in [0.25, 0.3) is 0 Å². The first-order valence-electron chi connectivity index (χ1n) is 5.32. The van der Waals surface area contributed by atoms with E-state index in [1.807, 2.05) is 0 Å². The Hall–Kier alpha value is -1.50. The summed E-state index contributed by atoms with van der Waals surface area (Å²) in [6.45, 7) is 0. The predicted molar refractivity (Wildman–Crippen MR) is 78.1 cm³/mol. The van der Waals surface area contributed by atoms with Crippen LogP contribution in [0.1, 0.15) is 0 Å². The maximum Gasteiger partial charge on any atom is 0.262 e. The number of nitrogens with one attached hydrogen (secondary N) is 1. The summed E-state index contributed by atoms with van der Waals surface area (Å²) < 4.78 is 39.6. The van der Waals surface area contributed by atoms with Crippen molar-refractivity contribution in [2.45, 2.75) is 4.90 Å². The first-order valence-corrected chi connectivity index (χ1v) is 7.56. The van der Waals surface area contributed by atoms with E-state index in [9.17, 15) is 12.8 Å². The number of hydrogen-bond acceptors (Lipinski definition) is 3. The Balaban J connectivity index is 2.38. The van der Waals surface area contributed by atoms with Crippen molar-refractivity contribution < 1.29 is 12.8 Å².